The number of aryl methyl sites for hydroxylation is 3. The first kappa shape index (κ1) is 17.9. The van der Waals surface area contributed by atoms with E-state index in [4.69, 9.17) is 0 Å². The molecule has 4 aliphatic carbocycles. The molecule has 2 aromatic heterocycles. The highest BCUT2D eigenvalue weighted by molar-refractivity contribution is 9.10. The molecule has 4 saturated carbocycles. The predicted molar refractivity (Wildman–Crippen MR) is 110 cm³/mol. The van der Waals surface area contributed by atoms with Gasteiger partial charge in [-0.2, -0.15) is 5.10 Å². The molecule has 4 fully saturated rings. The molecule has 5 nitrogen and oxygen atoms in total. The summed E-state index contributed by atoms with van der Waals surface area (Å²) in [5.74, 6) is 1.63. The van der Waals surface area contributed by atoms with E-state index in [2.05, 4.69) is 31.3 Å². The van der Waals surface area contributed by atoms with Crippen molar-refractivity contribution < 1.29 is 4.79 Å². The van der Waals surface area contributed by atoms with Crippen molar-refractivity contribution in [2.24, 2.45) is 17.3 Å². The van der Waals surface area contributed by atoms with Gasteiger partial charge in [0.1, 0.15) is 0 Å². The number of rotatable bonds is 5. The molecule has 0 radical (unpaired) electrons. The first-order chi connectivity index (χ1) is 12.9. The van der Waals surface area contributed by atoms with E-state index < -0.39 is 0 Å². The molecule has 0 spiro atoms. The SMILES string of the molecule is Cc1ncsc1CCn1cc(NC(=O)C23C[C@@H]4C[C@@H](CC(Br)(C4)C2)C3)cn1. The van der Waals surface area contributed by atoms with Crippen molar-refractivity contribution >= 4 is 38.9 Å². The lowest BCUT2D eigenvalue weighted by Crippen LogP contribution is -2.57. The van der Waals surface area contributed by atoms with Gasteiger partial charge in [-0.3, -0.25) is 9.48 Å². The van der Waals surface area contributed by atoms with Gasteiger partial charge in [-0.25, -0.2) is 4.98 Å². The Kier molecular flexibility index (Phi) is 4.24. The van der Waals surface area contributed by atoms with Crippen molar-refractivity contribution in [2.45, 2.75) is 62.7 Å². The first-order valence-electron chi connectivity index (χ1n) is 9.85. The highest BCUT2D eigenvalue weighted by atomic mass is 79.9. The molecule has 7 heteroatoms. The Bertz CT molecular complexity index is 861. The molecular formula is C20H25BrN4OS. The van der Waals surface area contributed by atoms with E-state index in [-0.39, 0.29) is 15.6 Å². The van der Waals surface area contributed by atoms with Crippen molar-refractivity contribution in [1.82, 2.24) is 14.8 Å². The zero-order valence-corrected chi connectivity index (χ0v) is 18.0. The maximum absolute atomic E-state index is 13.2. The Morgan fingerprint density at radius 3 is 2.81 bits per heavy atom. The summed E-state index contributed by atoms with van der Waals surface area (Å²) in [4.78, 5) is 18.8. The molecule has 0 saturated heterocycles. The second-order valence-electron chi connectivity index (χ2n) is 8.95. The third-order valence-electron chi connectivity index (χ3n) is 6.78. The van der Waals surface area contributed by atoms with Crippen molar-refractivity contribution in [3.8, 4) is 0 Å². The number of hydrogen-bond acceptors (Lipinski definition) is 4. The van der Waals surface area contributed by atoms with Gasteiger partial charge in [0, 0.05) is 28.4 Å². The Hall–Kier alpha value is -1.21. The number of amides is 1. The molecule has 0 aromatic carbocycles. The summed E-state index contributed by atoms with van der Waals surface area (Å²) in [5.41, 5.74) is 3.63. The maximum atomic E-state index is 13.2. The van der Waals surface area contributed by atoms with Gasteiger partial charge in [0.25, 0.3) is 0 Å². The molecule has 0 aliphatic heterocycles. The number of hydrogen-bond donors (Lipinski definition) is 1. The molecule has 2 aromatic rings. The van der Waals surface area contributed by atoms with Gasteiger partial charge in [0.05, 0.1) is 28.5 Å². The van der Waals surface area contributed by atoms with E-state index in [1.54, 1.807) is 17.5 Å². The average molecular weight is 449 g/mol. The number of carbonyl (C=O) groups is 1. The van der Waals surface area contributed by atoms with E-state index in [0.717, 1.165) is 43.6 Å². The first-order valence-corrected chi connectivity index (χ1v) is 11.5. The number of alkyl halides is 1. The van der Waals surface area contributed by atoms with Crippen molar-refractivity contribution in [3.63, 3.8) is 0 Å². The minimum atomic E-state index is -0.185. The van der Waals surface area contributed by atoms with E-state index >= 15 is 0 Å². The van der Waals surface area contributed by atoms with Crippen LogP contribution in [-0.4, -0.2) is 25.0 Å². The van der Waals surface area contributed by atoms with E-state index in [1.807, 2.05) is 23.3 Å². The highest BCUT2D eigenvalue weighted by Gasteiger charge is 2.59. The molecule has 2 unspecified atom stereocenters. The molecule has 27 heavy (non-hydrogen) atoms. The number of nitrogens with zero attached hydrogens (tertiary/aromatic N) is 3. The van der Waals surface area contributed by atoms with E-state index in [0.29, 0.717) is 11.8 Å². The second-order valence-corrected chi connectivity index (χ2v) is 11.6. The molecule has 6 rings (SSSR count). The largest absolute Gasteiger partial charge is 0.323 e. The summed E-state index contributed by atoms with van der Waals surface area (Å²) in [6.45, 7) is 2.85. The topological polar surface area (TPSA) is 59.8 Å². The molecule has 4 bridgehead atoms. The number of anilines is 1. The van der Waals surface area contributed by atoms with Gasteiger partial charge in [-0.15, -0.1) is 11.3 Å². The quantitative estimate of drug-likeness (QED) is 0.681. The lowest BCUT2D eigenvalue weighted by molar-refractivity contribution is -0.138. The van der Waals surface area contributed by atoms with Crippen LogP contribution >= 0.6 is 27.3 Å². The van der Waals surface area contributed by atoms with Crippen LogP contribution in [0.1, 0.15) is 49.1 Å². The summed E-state index contributed by atoms with van der Waals surface area (Å²) in [7, 11) is 0. The fraction of sp³-hybridized carbons (Fsp3) is 0.650. The average Bonchev–Trinajstić information content (AvgIpc) is 3.19. The van der Waals surface area contributed by atoms with Gasteiger partial charge < -0.3 is 5.32 Å². The maximum Gasteiger partial charge on any atom is 0.230 e. The Morgan fingerprint density at radius 1 is 1.37 bits per heavy atom. The number of nitrogens with one attached hydrogen (secondary N) is 1. The van der Waals surface area contributed by atoms with Gasteiger partial charge >= 0.3 is 0 Å². The molecule has 2 heterocycles. The zero-order valence-electron chi connectivity index (χ0n) is 15.6. The van der Waals surface area contributed by atoms with Crippen molar-refractivity contribution in [3.05, 3.63) is 28.5 Å². The van der Waals surface area contributed by atoms with Gasteiger partial charge in [-0.1, -0.05) is 15.9 Å². The Labute approximate surface area is 172 Å². The molecule has 144 valence electrons. The van der Waals surface area contributed by atoms with Crippen LogP contribution in [0.15, 0.2) is 17.9 Å². The highest BCUT2D eigenvalue weighted by Crippen LogP contribution is 2.64. The molecule has 1 amide bonds. The number of carbonyl (C=O) groups excluding carboxylic acids is 1. The predicted octanol–water partition coefficient (Wildman–Crippen LogP) is 4.56. The van der Waals surface area contributed by atoms with Gasteiger partial charge in [0.2, 0.25) is 5.91 Å². The summed E-state index contributed by atoms with van der Waals surface area (Å²) < 4.78 is 2.12. The number of halogens is 1. The van der Waals surface area contributed by atoms with Crippen LogP contribution in [0.25, 0.3) is 0 Å². The summed E-state index contributed by atoms with van der Waals surface area (Å²) in [6, 6.07) is 0. The Morgan fingerprint density at radius 2 is 2.15 bits per heavy atom. The minimum Gasteiger partial charge on any atom is -0.323 e. The van der Waals surface area contributed by atoms with Crippen LogP contribution < -0.4 is 5.32 Å². The fourth-order valence-corrected chi connectivity index (χ4v) is 8.24. The summed E-state index contributed by atoms with van der Waals surface area (Å²) in [6.07, 6.45) is 11.6. The summed E-state index contributed by atoms with van der Waals surface area (Å²) >= 11 is 5.69. The van der Waals surface area contributed by atoms with E-state index in [1.165, 1.54) is 24.1 Å². The van der Waals surface area contributed by atoms with Crippen LogP contribution in [0.4, 0.5) is 5.69 Å². The second kappa shape index (κ2) is 6.41. The standard InChI is InChI=1S/C20H25BrN4OS/c1-13-17(27-12-22-13)2-3-25-10-16(9-23-25)24-18(26)19-5-14-4-15(6-19)8-20(21,7-14)11-19/h9-10,12,14-15H,2-8,11H2,1H3,(H,24,26)/t14-,15+,19?,20?. The zero-order chi connectivity index (χ0) is 18.6. The molecular weight excluding hydrogens is 424 g/mol. The smallest absolute Gasteiger partial charge is 0.230 e. The van der Waals surface area contributed by atoms with E-state index in [9.17, 15) is 4.79 Å². The third kappa shape index (κ3) is 3.27. The third-order valence-corrected chi connectivity index (χ3v) is 8.70. The van der Waals surface area contributed by atoms with Crippen LogP contribution in [0, 0.1) is 24.2 Å². The van der Waals surface area contributed by atoms with Gasteiger partial charge in [-0.05, 0) is 57.3 Å². The molecule has 1 N–H and O–H groups in total. The monoisotopic (exact) mass is 448 g/mol. The lowest BCUT2D eigenvalue weighted by Gasteiger charge is -2.59. The van der Waals surface area contributed by atoms with Crippen LogP contribution in [0.3, 0.4) is 0 Å². The lowest BCUT2D eigenvalue weighted by atomic mass is 9.49. The Balaban J connectivity index is 1.25. The fourth-order valence-electron chi connectivity index (χ4n) is 6.01. The van der Waals surface area contributed by atoms with Gasteiger partial charge in [0.15, 0.2) is 0 Å². The van der Waals surface area contributed by atoms with Crippen LogP contribution in [0.5, 0.6) is 0 Å². The minimum absolute atomic E-state index is 0.185. The van der Waals surface area contributed by atoms with Crippen LogP contribution in [-0.2, 0) is 17.8 Å². The summed E-state index contributed by atoms with van der Waals surface area (Å²) in [5, 5.41) is 7.62. The normalized spacial score (nSPS) is 34.1. The number of thiazole rings is 1. The van der Waals surface area contributed by atoms with Crippen molar-refractivity contribution in [2.75, 3.05) is 5.32 Å². The molecule has 4 atom stereocenters. The van der Waals surface area contributed by atoms with Crippen molar-refractivity contribution in [1.29, 1.82) is 0 Å². The molecule has 4 aliphatic rings. The van der Waals surface area contributed by atoms with Crippen LogP contribution in [0.2, 0.25) is 0 Å². The number of aromatic nitrogens is 3.